The molecule has 1 saturated heterocycles. The second-order valence-electron chi connectivity index (χ2n) is 6.95. The largest absolute Gasteiger partial charge is 0.350 e. The molecule has 1 amide bonds. The summed E-state index contributed by atoms with van der Waals surface area (Å²) in [6.07, 6.45) is 4.31. The second kappa shape index (κ2) is 8.06. The third-order valence-electron chi connectivity index (χ3n) is 4.76. The van der Waals surface area contributed by atoms with Crippen molar-refractivity contribution in [3.63, 3.8) is 0 Å². The summed E-state index contributed by atoms with van der Waals surface area (Å²) in [5.41, 5.74) is 1.58. The predicted octanol–water partition coefficient (Wildman–Crippen LogP) is 3.36. The first-order valence-electron chi connectivity index (χ1n) is 8.95. The minimum atomic E-state index is -0.0333. The van der Waals surface area contributed by atoms with Crippen molar-refractivity contribution in [2.45, 2.75) is 39.7 Å². The van der Waals surface area contributed by atoms with E-state index in [1.165, 1.54) is 24.2 Å². The highest BCUT2D eigenvalue weighted by molar-refractivity contribution is 7.17. The molecule has 0 aliphatic carbocycles. The lowest BCUT2D eigenvalue weighted by Gasteiger charge is -2.35. The molecule has 0 radical (unpaired) electrons. The molecule has 3 rings (SSSR count). The van der Waals surface area contributed by atoms with Crippen molar-refractivity contribution in [1.29, 1.82) is 0 Å². The lowest BCUT2D eigenvalue weighted by molar-refractivity contribution is 0.0920. The van der Waals surface area contributed by atoms with Gasteiger partial charge in [0.15, 0.2) is 0 Å². The number of rotatable bonds is 5. The minimum Gasteiger partial charge on any atom is -0.350 e. The molecule has 0 saturated carbocycles. The summed E-state index contributed by atoms with van der Waals surface area (Å²) in [4.78, 5) is 24.6. The number of nitrogens with one attached hydrogen (secondary N) is 1. The molecule has 1 N–H and O–H groups in total. The quantitative estimate of drug-likeness (QED) is 0.890. The van der Waals surface area contributed by atoms with Gasteiger partial charge in [-0.05, 0) is 51.3 Å². The molecule has 2 aromatic rings. The van der Waals surface area contributed by atoms with Crippen LogP contribution in [-0.2, 0) is 0 Å². The van der Waals surface area contributed by atoms with Crippen LogP contribution in [0.5, 0.6) is 0 Å². The van der Waals surface area contributed by atoms with Gasteiger partial charge >= 0.3 is 0 Å². The monoisotopic (exact) mass is 358 g/mol. The van der Waals surface area contributed by atoms with Crippen LogP contribution in [0.1, 0.15) is 42.1 Å². The fourth-order valence-electron chi connectivity index (χ4n) is 3.28. The van der Waals surface area contributed by atoms with Gasteiger partial charge in [-0.25, -0.2) is 4.98 Å². The summed E-state index contributed by atoms with van der Waals surface area (Å²) in [5, 5.41) is 3.88. The van der Waals surface area contributed by atoms with E-state index in [2.05, 4.69) is 34.0 Å². The van der Waals surface area contributed by atoms with Crippen LogP contribution in [0.2, 0.25) is 0 Å². The number of aryl methyl sites for hydroxylation is 1. The van der Waals surface area contributed by atoms with E-state index in [1.807, 2.05) is 25.1 Å². The van der Waals surface area contributed by atoms with Crippen molar-refractivity contribution in [3.8, 4) is 10.7 Å². The van der Waals surface area contributed by atoms with Crippen molar-refractivity contribution in [2.75, 3.05) is 19.6 Å². The Kier molecular flexibility index (Phi) is 5.81. The molecule has 2 aromatic heterocycles. The smallest absolute Gasteiger partial charge is 0.263 e. The normalized spacial score (nSPS) is 19.6. The molecule has 1 aliphatic heterocycles. The van der Waals surface area contributed by atoms with E-state index in [4.69, 9.17) is 0 Å². The molecule has 0 aromatic carbocycles. The van der Waals surface area contributed by atoms with Gasteiger partial charge in [-0.1, -0.05) is 13.0 Å². The Morgan fingerprint density at radius 3 is 3.04 bits per heavy atom. The number of pyridine rings is 1. The summed E-state index contributed by atoms with van der Waals surface area (Å²) in [5.74, 6) is 0.714. The van der Waals surface area contributed by atoms with Crippen LogP contribution in [0, 0.1) is 12.8 Å². The van der Waals surface area contributed by atoms with Gasteiger partial charge in [0.1, 0.15) is 9.88 Å². The molecule has 1 aliphatic rings. The highest BCUT2D eigenvalue weighted by atomic mass is 32.1. The zero-order valence-corrected chi connectivity index (χ0v) is 16.0. The third-order valence-corrected chi connectivity index (χ3v) is 5.94. The molecule has 0 spiro atoms. The van der Waals surface area contributed by atoms with Crippen LogP contribution >= 0.6 is 11.3 Å². The number of thiazole rings is 1. The second-order valence-corrected chi connectivity index (χ2v) is 7.95. The highest BCUT2D eigenvalue weighted by Crippen LogP contribution is 2.26. The molecule has 6 heteroatoms. The predicted molar refractivity (Wildman–Crippen MR) is 102 cm³/mol. The highest BCUT2D eigenvalue weighted by Gasteiger charge is 2.22. The van der Waals surface area contributed by atoms with Gasteiger partial charge in [0.25, 0.3) is 5.91 Å². The SMILES string of the molecule is Cc1nc(-c2ccccn2)sc1C(=O)NCC(C)N1CCCC(C)C1. The van der Waals surface area contributed by atoms with E-state index in [9.17, 15) is 4.79 Å². The molecular weight excluding hydrogens is 332 g/mol. The van der Waals surface area contributed by atoms with Gasteiger partial charge in [-0.3, -0.25) is 14.7 Å². The van der Waals surface area contributed by atoms with Crippen molar-refractivity contribution in [2.24, 2.45) is 5.92 Å². The number of carbonyl (C=O) groups excluding carboxylic acids is 1. The first-order valence-corrected chi connectivity index (χ1v) is 9.77. The number of hydrogen-bond acceptors (Lipinski definition) is 5. The number of nitrogens with zero attached hydrogens (tertiary/aromatic N) is 3. The molecule has 134 valence electrons. The molecule has 0 bridgehead atoms. The van der Waals surface area contributed by atoms with E-state index in [0.717, 1.165) is 35.4 Å². The van der Waals surface area contributed by atoms with Crippen LogP contribution in [0.15, 0.2) is 24.4 Å². The lowest BCUT2D eigenvalue weighted by atomic mass is 9.99. The average molecular weight is 359 g/mol. The molecule has 5 nitrogen and oxygen atoms in total. The van der Waals surface area contributed by atoms with Crippen LogP contribution < -0.4 is 5.32 Å². The van der Waals surface area contributed by atoms with Crippen LogP contribution in [0.4, 0.5) is 0 Å². The van der Waals surface area contributed by atoms with E-state index in [1.54, 1.807) is 6.20 Å². The van der Waals surface area contributed by atoms with Gasteiger partial charge < -0.3 is 5.32 Å². The number of likely N-dealkylation sites (tertiary alicyclic amines) is 1. The Bertz CT molecular complexity index is 715. The summed E-state index contributed by atoms with van der Waals surface area (Å²) in [7, 11) is 0. The Hall–Kier alpha value is -1.79. The van der Waals surface area contributed by atoms with Gasteiger partial charge in [0.05, 0.1) is 11.4 Å². The molecular formula is C19H26N4OS. The third kappa shape index (κ3) is 4.44. The summed E-state index contributed by atoms with van der Waals surface area (Å²) in [6.45, 7) is 9.30. The van der Waals surface area contributed by atoms with Crippen LogP contribution in [-0.4, -0.2) is 46.5 Å². The maximum atomic E-state index is 12.6. The number of carbonyl (C=O) groups is 1. The number of aromatic nitrogens is 2. The van der Waals surface area contributed by atoms with E-state index < -0.39 is 0 Å². The van der Waals surface area contributed by atoms with Crippen LogP contribution in [0.25, 0.3) is 10.7 Å². The summed E-state index contributed by atoms with van der Waals surface area (Å²) >= 11 is 1.41. The van der Waals surface area contributed by atoms with Gasteiger partial charge in [-0.2, -0.15) is 0 Å². The van der Waals surface area contributed by atoms with Crippen molar-refractivity contribution >= 4 is 17.2 Å². The fraction of sp³-hybridized carbons (Fsp3) is 0.526. The number of hydrogen-bond donors (Lipinski definition) is 1. The van der Waals surface area contributed by atoms with Gasteiger partial charge in [0.2, 0.25) is 0 Å². The zero-order chi connectivity index (χ0) is 17.8. The molecule has 2 unspecified atom stereocenters. The topological polar surface area (TPSA) is 58.1 Å². The number of piperidine rings is 1. The van der Waals surface area contributed by atoms with Crippen molar-refractivity contribution < 1.29 is 4.79 Å². The van der Waals surface area contributed by atoms with Crippen molar-refractivity contribution in [1.82, 2.24) is 20.2 Å². The minimum absolute atomic E-state index is 0.0333. The van der Waals surface area contributed by atoms with Gasteiger partial charge in [-0.15, -0.1) is 11.3 Å². The van der Waals surface area contributed by atoms with Crippen LogP contribution in [0.3, 0.4) is 0 Å². The first-order chi connectivity index (χ1) is 12.0. The average Bonchev–Trinajstić information content (AvgIpc) is 3.02. The fourth-order valence-corrected chi connectivity index (χ4v) is 4.24. The van der Waals surface area contributed by atoms with Gasteiger partial charge in [0, 0.05) is 25.3 Å². The standard InChI is InChI=1S/C19H26N4OS/c1-13-7-6-10-23(12-13)14(2)11-21-18(24)17-15(3)22-19(25-17)16-8-4-5-9-20-16/h4-5,8-9,13-14H,6-7,10-12H2,1-3H3,(H,21,24). The summed E-state index contributed by atoms with van der Waals surface area (Å²) in [6, 6.07) is 6.08. The first kappa shape index (κ1) is 18.0. The maximum Gasteiger partial charge on any atom is 0.263 e. The molecule has 3 heterocycles. The lowest BCUT2D eigenvalue weighted by Crippen LogP contribution is -2.46. The van der Waals surface area contributed by atoms with E-state index in [0.29, 0.717) is 17.5 Å². The van der Waals surface area contributed by atoms with E-state index >= 15 is 0 Å². The number of amides is 1. The van der Waals surface area contributed by atoms with Crippen molar-refractivity contribution in [3.05, 3.63) is 35.0 Å². The molecule has 1 fully saturated rings. The zero-order valence-electron chi connectivity index (χ0n) is 15.2. The molecule has 25 heavy (non-hydrogen) atoms. The molecule has 2 atom stereocenters. The maximum absolute atomic E-state index is 12.6. The summed E-state index contributed by atoms with van der Waals surface area (Å²) < 4.78 is 0. The Labute approximate surface area is 153 Å². The Morgan fingerprint density at radius 2 is 2.32 bits per heavy atom. The van der Waals surface area contributed by atoms with E-state index in [-0.39, 0.29) is 5.91 Å². The Morgan fingerprint density at radius 1 is 1.48 bits per heavy atom. The Balaban J connectivity index is 1.61.